The molecule has 6 nitrogen and oxygen atoms in total. The van der Waals surface area contributed by atoms with Crippen molar-refractivity contribution in [3.8, 4) is 0 Å². The average Bonchev–Trinajstić information content (AvgIpc) is 2.44. The third-order valence-corrected chi connectivity index (χ3v) is 5.01. The first-order chi connectivity index (χ1) is 9.32. The second-order valence-electron chi connectivity index (χ2n) is 4.66. The molecule has 1 heterocycles. The summed E-state index contributed by atoms with van der Waals surface area (Å²) in [5, 5.41) is 8.67. The van der Waals surface area contributed by atoms with E-state index in [9.17, 15) is 13.2 Å². The minimum atomic E-state index is -3.67. The Hall–Kier alpha value is -1.47. The first-order valence-electron chi connectivity index (χ1n) is 6.52. The third-order valence-electron chi connectivity index (χ3n) is 3.15. The van der Waals surface area contributed by atoms with E-state index in [1.54, 1.807) is 6.92 Å². The summed E-state index contributed by atoms with van der Waals surface area (Å²) in [5.74, 6) is -0.878. The third kappa shape index (κ3) is 3.77. The molecule has 20 heavy (non-hydrogen) atoms. The molecule has 0 amide bonds. The van der Waals surface area contributed by atoms with Gasteiger partial charge in [-0.15, -0.1) is 0 Å². The molecule has 1 rings (SSSR count). The number of aromatic nitrogens is 1. The number of sulfonamides is 1. The van der Waals surface area contributed by atoms with E-state index in [1.165, 1.54) is 16.4 Å². The molecule has 0 aliphatic rings. The molecule has 1 aromatic heterocycles. The summed E-state index contributed by atoms with van der Waals surface area (Å²) >= 11 is 0. The Kier molecular flexibility index (Phi) is 5.64. The van der Waals surface area contributed by atoms with Gasteiger partial charge in [0.15, 0.2) is 5.03 Å². The van der Waals surface area contributed by atoms with Crippen molar-refractivity contribution in [3.63, 3.8) is 0 Å². The van der Waals surface area contributed by atoms with Crippen LogP contribution in [0.2, 0.25) is 0 Å². The van der Waals surface area contributed by atoms with Gasteiger partial charge in [0.2, 0.25) is 0 Å². The molecule has 1 atom stereocenters. The van der Waals surface area contributed by atoms with Gasteiger partial charge in [0.1, 0.15) is 0 Å². The van der Waals surface area contributed by atoms with Crippen LogP contribution in [0.3, 0.4) is 0 Å². The van der Waals surface area contributed by atoms with Crippen LogP contribution in [0.5, 0.6) is 0 Å². The van der Waals surface area contributed by atoms with Gasteiger partial charge < -0.3 is 5.11 Å². The summed E-state index contributed by atoms with van der Waals surface area (Å²) in [4.78, 5) is 14.5. The van der Waals surface area contributed by atoms with Crippen LogP contribution in [0.15, 0.2) is 23.4 Å². The fourth-order valence-electron chi connectivity index (χ4n) is 1.67. The topological polar surface area (TPSA) is 87.6 Å². The van der Waals surface area contributed by atoms with Crippen LogP contribution in [0, 0.1) is 5.92 Å². The zero-order chi connectivity index (χ0) is 15.3. The van der Waals surface area contributed by atoms with Crippen LogP contribution in [0.1, 0.15) is 37.6 Å². The van der Waals surface area contributed by atoms with Gasteiger partial charge in [-0.25, -0.2) is 18.2 Å². The number of nitrogens with zero attached hydrogens (tertiary/aromatic N) is 2. The first kappa shape index (κ1) is 16.6. The van der Waals surface area contributed by atoms with Crippen LogP contribution >= 0.6 is 0 Å². The molecule has 1 unspecified atom stereocenters. The SMILES string of the molecule is CCC(C)CN(CC)S(=O)(=O)c1ccc(C(=O)O)cn1. The molecule has 0 aliphatic heterocycles. The Balaban J connectivity index is 3.04. The van der Waals surface area contributed by atoms with Crippen molar-refractivity contribution in [3.05, 3.63) is 23.9 Å². The fraction of sp³-hybridized carbons (Fsp3) is 0.538. The van der Waals surface area contributed by atoms with Crippen molar-refractivity contribution < 1.29 is 18.3 Å². The second kappa shape index (κ2) is 6.81. The van der Waals surface area contributed by atoms with Crippen molar-refractivity contribution in [1.82, 2.24) is 9.29 Å². The van der Waals surface area contributed by atoms with E-state index in [-0.39, 0.29) is 16.5 Å². The molecular weight excluding hydrogens is 280 g/mol. The quantitative estimate of drug-likeness (QED) is 0.830. The lowest BCUT2D eigenvalue weighted by Gasteiger charge is -2.22. The van der Waals surface area contributed by atoms with Gasteiger partial charge in [-0.05, 0) is 18.1 Å². The first-order valence-corrected chi connectivity index (χ1v) is 7.96. The molecule has 1 N–H and O–H groups in total. The van der Waals surface area contributed by atoms with Gasteiger partial charge >= 0.3 is 5.97 Å². The Morgan fingerprint density at radius 3 is 2.45 bits per heavy atom. The predicted octanol–water partition coefficient (Wildman–Crippen LogP) is 1.84. The van der Waals surface area contributed by atoms with Crippen LogP contribution in [0.25, 0.3) is 0 Å². The van der Waals surface area contributed by atoms with Crippen molar-refractivity contribution in [1.29, 1.82) is 0 Å². The number of carboxylic acid groups (broad SMARTS) is 1. The van der Waals surface area contributed by atoms with Gasteiger partial charge in [-0.2, -0.15) is 4.31 Å². The van der Waals surface area contributed by atoms with E-state index in [0.717, 1.165) is 12.6 Å². The number of pyridine rings is 1. The molecule has 7 heteroatoms. The van der Waals surface area contributed by atoms with Crippen LogP contribution in [-0.2, 0) is 10.0 Å². The van der Waals surface area contributed by atoms with Gasteiger partial charge in [0.25, 0.3) is 10.0 Å². The summed E-state index contributed by atoms with van der Waals surface area (Å²) in [6, 6.07) is 2.48. The number of aromatic carboxylic acids is 1. The van der Waals surface area contributed by atoms with Crippen molar-refractivity contribution in [2.24, 2.45) is 5.92 Å². The van der Waals surface area contributed by atoms with E-state index >= 15 is 0 Å². The Morgan fingerprint density at radius 1 is 1.40 bits per heavy atom. The van der Waals surface area contributed by atoms with E-state index in [4.69, 9.17) is 5.11 Å². The summed E-state index contributed by atoms with van der Waals surface area (Å²) in [6.45, 7) is 6.54. The van der Waals surface area contributed by atoms with Gasteiger partial charge in [-0.1, -0.05) is 27.2 Å². The number of carboxylic acids is 1. The minimum absolute atomic E-state index is 0.0334. The zero-order valence-electron chi connectivity index (χ0n) is 11.9. The van der Waals surface area contributed by atoms with Crippen LogP contribution < -0.4 is 0 Å². The average molecular weight is 300 g/mol. The second-order valence-corrected chi connectivity index (χ2v) is 6.54. The highest BCUT2D eigenvalue weighted by atomic mass is 32.2. The molecule has 0 saturated heterocycles. The summed E-state index contributed by atoms with van der Waals surface area (Å²) in [5.41, 5.74) is -0.0334. The largest absolute Gasteiger partial charge is 0.478 e. The number of hydrogen-bond donors (Lipinski definition) is 1. The lowest BCUT2D eigenvalue weighted by molar-refractivity contribution is 0.0696. The molecule has 0 spiro atoms. The molecule has 0 radical (unpaired) electrons. The molecule has 0 bridgehead atoms. The van der Waals surface area contributed by atoms with Crippen molar-refractivity contribution in [2.75, 3.05) is 13.1 Å². The highest BCUT2D eigenvalue weighted by molar-refractivity contribution is 7.89. The molecule has 0 saturated carbocycles. The van der Waals surface area contributed by atoms with Crippen LogP contribution in [-0.4, -0.2) is 41.9 Å². The normalized spacial score (nSPS) is 13.4. The molecule has 0 aliphatic carbocycles. The Bertz CT molecular complexity index is 554. The van der Waals surface area contributed by atoms with Crippen molar-refractivity contribution in [2.45, 2.75) is 32.2 Å². The van der Waals surface area contributed by atoms with Gasteiger partial charge in [0, 0.05) is 19.3 Å². The summed E-state index contributed by atoms with van der Waals surface area (Å²) in [7, 11) is -3.67. The zero-order valence-corrected chi connectivity index (χ0v) is 12.7. The van der Waals surface area contributed by atoms with E-state index < -0.39 is 16.0 Å². The monoisotopic (exact) mass is 300 g/mol. The number of rotatable bonds is 7. The Morgan fingerprint density at radius 2 is 2.05 bits per heavy atom. The van der Waals surface area contributed by atoms with Gasteiger partial charge in [0.05, 0.1) is 5.56 Å². The maximum atomic E-state index is 12.4. The predicted molar refractivity (Wildman–Crippen MR) is 75.1 cm³/mol. The standard InChI is InChI=1S/C13H20N2O4S/c1-4-10(3)9-15(5-2)20(18,19)12-7-6-11(8-14-12)13(16)17/h6-8,10H,4-5,9H2,1-3H3,(H,16,17). The number of carbonyl (C=O) groups is 1. The lowest BCUT2D eigenvalue weighted by atomic mass is 10.1. The Labute approximate surface area is 119 Å². The maximum Gasteiger partial charge on any atom is 0.337 e. The molecular formula is C13H20N2O4S. The van der Waals surface area contributed by atoms with E-state index in [0.29, 0.717) is 13.1 Å². The summed E-state index contributed by atoms with van der Waals surface area (Å²) in [6.07, 6.45) is 1.95. The van der Waals surface area contributed by atoms with Gasteiger partial charge in [-0.3, -0.25) is 0 Å². The van der Waals surface area contributed by atoms with Crippen LogP contribution in [0.4, 0.5) is 0 Å². The molecule has 1 aromatic rings. The smallest absolute Gasteiger partial charge is 0.337 e. The minimum Gasteiger partial charge on any atom is -0.478 e. The molecule has 0 fully saturated rings. The van der Waals surface area contributed by atoms with E-state index in [2.05, 4.69) is 4.98 Å². The highest BCUT2D eigenvalue weighted by Crippen LogP contribution is 2.16. The summed E-state index contributed by atoms with van der Waals surface area (Å²) < 4.78 is 26.2. The molecule has 0 aromatic carbocycles. The lowest BCUT2D eigenvalue weighted by Crippen LogP contribution is -2.35. The van der Waals surface area contributed by atoms with E-state index in [1.807, 2.05) is 13.8 Å². The van der Waals surface area contributed by atoms with Crippen molar-refractivity contribution >= 4 is 16.0 Å². The molecule has 112 valence electrons. The highest BCUT2D eigenvalue weighted by Gasteiger charge is 2.25. The number of hydrogen-bond acceptors (Lipinski definition) is 4. The fourth-order valence-corrected chi connectivity index (χ4v) is 3.15. The maximum absolute atomic E-state index is 12.4.